The van der Waals surface area contributed by atoms with E-state index >= 15 is 0 Å². The molecule has 0 radical (unpaired) electrons. The Kier molecular flexibility index (Phi) is 4.95. The van der Waals surface area contributed by atoms with Crippen molar-refractivity contribution < 1.29 is 14.5 Å². The van der Waals surface area contributed by atoms with E-state index in [0.29, 0.717) is 18.0 Å². The van der Waals surface area contributed by atoms with Crippen molar-refractivity contribution in [2.45, 2.75) is 20.4 Å². The number of fused-ring (bicyclic) bond motifs is 1. The first-order valence-corrected chi connectivity index (χ1v) is 9.26. The number of aryl methyl sites for hydroxylation is 1. The van der Waals surface area contributed by atoms with Gasteiger partial charge in [-0.25, -0.2) is 0 Å². The van der Waals surface area contributed by atoms with Gasteiger partial charge in [0.2, 0.25) is 0 Å². The van der Waals surface area contributed by atoms with Crippen LogP contribution in [0.15, 0.2) is 35.3 Å². The largest absolute Gasteiger partial charge is 0.492 e. The lowest BCUT2D eigenvalue weighted by atomic mass is 10.3. The molecule has 7 nitrogen and oxygen atoms in total. The first-order chi connectivity index (χ1) is 12.0. The number of para-hydroxylation sites is 1. The van der Waals surface area contributed by atoms with Crippen molar-refractivity contribution in [2.75, 3.05) is 6.61 Å². The second kappa shape index (κ2) is 7.16. The number of aromatic nitrogens is 1. The zero-order chi connectivity index (χ0) is 18.0. The second-order valence-corrected chi connectivity index (χ2v) is 7.05. The van der Waals surface area contributed by atoms with Crippen LogP contribution in [-0.4, -0.2) is 22.0 Å². The molecule has 25 heavy (non-hydrogen) atoms. The van der Waals surface area contributed by atoms with Crippen molar-refractivity contribution in [1.29, 1.82) is 0 Å². The first-order valence-electron chi connectivity index (χ1n) is 7.63. The zero-order valence-corrected chi connectivity index (χ0v) is 15.2. The van der Waals surface area contributed by atoms with Crippen LogP contribution in [0, 0.1) is 10.1 Å². The Morgan fingerprint density at radius 3 is 2.72 bits per heavy atom. The van der Waals surface area contributed by atoms with Crippen molar-refractivity contribution in [1.82, 2.24) is 4.57 Å². The van der Waals surface area contributed by atoms with Gasteiger partial charge in [-0.3, -0.25) is 14.9 Å². The van der Waals surface area contributed by atoms with Gasteiger partial charge in [-0.2, -0.15) is 4.99 Å². The maximum Gasteiger partial charge on any atom is 0.324 e. The smallest absolute Gasteiger partial charge is 0.324 e. The average Bonchev–Trinajstić information content (AvgIpc) is 3.20. The van der Waals surface area contributed by atoms with Crippen LogP contribution in [0.4, 0.5) is 5.00 Å². The summed E-state index contributed by atoms with van der Waals surface area (Å²) in [6, 6.07) is 8.49. The molecule has 0 fully saturated rings. The summed E-state index contributed by atoms with van der Waals surface area (Å²) < 4.78 is 8.57. The molecule has 0 N–H and O–H groups in total. The minimum Gasteiger partial charge on any atom is -0.492 e. The summed E-state index contributed by atoms with van der Waals surface area (Å²) in [7, 11) is 0. The van der Waals surface area contributed by atoms with Gasteiger partial charge in [0.25, 0.3) is 5.91 Å². The number of hydrogen-bond acceptors (Lipinski definition) is 6. The molecule has 0 saturated carbocycles. The Morgan fingerprint density at radius 1 is 1.28 bits per heavy atom. The van der Waals surface area contributed by atoms with Gasteiger partial charge in [-0.05, 0) is 32.0 Å². The summed E-state index contributed by atoms with van der Waals surface area (Å²) in [5.74, 6) is 0.267. The lowest BCUT2D eigenvalue weighted by Crippen LogP contribution is -2.16. The Balaban J connectivity index is 2.10. The lowest BCUT2D eigenvalue weighted by molar-refractivity contribution is -0.380. The van der Waals surface area contributed by atoms with Gasteiger partial charge in [0.05, 0.1) is 16.2 Å². The lowest BCUT2D eigenvalue weighted by Gasteiger charge is -2.07. The summed E-state index contributed by atoms with van der Waals surface area (Å²) in [5, 5.41) is 10.7. The van der Waals surface area contributed by atoms with Gasteiger partial charge < -0.3 is 9.30 Å². The van der Waals surface area contributed by atoms with Crippen LogP contribution in [0.2, 0.25) is 0 Å². The van der Waals surface area contributed by atoms with Crippen molar-refractivity contribution in [2.24, 2.45) is 4.99 Å². The monoisotopic (exact) mass is 377 g/mol. The number of nitrogens with zero attached hydrogens (tertiary/aromatic N) is 3. The SMILES string of the molecule is CCOc1cccc2sc(=NC(=O)c3ccc([N+](=O)[O-])s3)n(CC)c12. The van der Waals surface area contributed by atoms with Crippen LogP contribution in [0.1, 0.15) is 23.5 Å². The van der Waals surface area contributed by atoms with Crippen molar-refractivity contribution in [3.05, 3.63) is 50.1 Å². The Hall–Kier alpha value is -2.52. The van der Waals surface area contributed by atoms with Crippen LogP contribution in [0.25, 0.3) is 10.2 Å². The fourth-order valence-corrected chi connectivity index (χ4v) is 4.25. The highest BCUT2D eigenvalue weighted by molar-refractivity contribution is 7.17. The molecule has 0 aliphatic rings. The third-order valence-electron chi connectivity index (χ3n) is 3.46. The zero-order valence-electron chi connectivity index (χ0n) is 13.6. The van der Waals surface area contributed by atoms with Gasteiger partial charge in [-0.1, -0.05) is 28.7 Å². The second-order valence-electron chi connectivity index (χ2n) is 4.98. The number of nitro groups is 1. The number of rotatable bonds is 5. The van der Waals surface area contributed by atoms with Gasteiger partial charge in [0, 0.05) is 12.6 Å². The quantitative estimate of drug-likeness (QED) is 0.499. The molecule has 0 unspecified atom stereocenters. The molecule has 3 aromatic rings. The minimum atomic E-state index is -0.512. The first kappa shape index (κ1) is 17.3. The maximum atomic E-state index is 12.4. The molecule has 1 amide bonds. The van der Waals surface area contributed by atoms with Crippen LogP contribution in [0.5, 0.6) is 5.75 Å². The minimum absolute atomic E-state index is 0.0723. The highest BCUT2D eigenvalue weighted by Crippen LogP contribution is 2.28. The van der Waals surface area contributed by atoms with Crippen molar-refractivity contribution in [3.8, 4) is 5.75 Å². The van der Waals surface area contributed by atoms with E-state index in [1.54, 1.807) is 0 Å². The number of benzene rings is 1. The summed E-state index contributed by atoms with van der Waals surface area (Å²) in [6.07, 6.45) is 0. The van der Waals surface area contributed by atoms with Gasteiger partial charge in [-0.15, -0.1) is 0 Å². The van der Waals surface area contributed by atoms with E-state index in [1.807, 2.05) is 36.6 Å². The molecule has 3 rings (SSSR count). The van der Waals surface area contributed by atoms with E-state index in [0.717, 1.165) is 27.3 Å². The molecule has 0 bridgehead atoms. The van der Waals surface area contributed by atoms with Crippen molar-refractivity contribution >= 4 is 43.8 Å². The number of thiazole rings is 1. The molecule has 0 spiro atoms. The van der Waals surface area contributed by atoms with E-state index < -0.39 is 10.8 Å². The van der Waals surface area contributed by atoms with Gasteiger partial charge >= 0.3 is 5.00 Å². The Labute approximate surface area is 151 Å². The van der Waals surface area contributed by atoms with E-state index in [1.165, 1.54) is 23.5 Å². The predicted molar refractivity (Wildman–Crippen MR) is 97.5 cm³/mol. The third-order valence-corrected chi connectivity index (χ3v) is 5.53. The van der Waals surface area contributed by atoms with Gasteiger partial charge in [0.1, 0.15) is 16.1 Å². The molecule has 2 aromatic heterocycles. The van der Waals surface area contributed by atoms with Gasteiger partial charge in [0.15, 0.2) is 4.80 Å². The van der Waals surface area contributed by atoms with Crippen LogP contribution in [-0.2, 0) is 6.54 Å². The molecule has 2 heterocycles. The van der Waals surface area contributed by atoms with Crippen LogP contribution >= 0.6 is 22.7 Å². The third kappa shape index (κ3) is 3.33. The number of carbonyl (C=O) groups is 1. The molecule has 1 aromatic carbocycles. The molecule has 0 aliphatic carbocycles. The molecule has 0 atom stereocenters. The number of carbonyl (C=O) groups excluding carboxylic acids is 1. The number of hydrogen-bond donors (Lipinski definition) is 0. The molecular weight excluding hydrogens is 362 g/mol. The normalized spacial score (nSPS) is 11.8. The Bertz CT molecular complexity index is 1020. The molecule has 0 saturated heterocycles. The summed E-state index contributed by atoms with van der Waals surface area (Å²) >= 11 is 2.22. The summed E-state index contributed by atoms with van der Waals surface area (Å²) in [4.78, 5) is 27.6. The highest BCUT2D eigenvalue weighted by Gasteiger charge is 2.16. The van der Waals surface area contributed by atoms with E-state index in [2.05, 4.69) is 4.99 Å². The molecule has 130 valence electrons. The average molecular weight is 377 g/mol. The fourth-order valence-electron chi connectivity index (χ4n) is 2.43. The van der Waals surface area contributed by atoms with Crippen LogP contribution < -0.4 is 9.54 Å². The standard InChI is InChI=1S/C16H15N3O4S2/c1-3-18-14-10(23-4-2)6-5-7-11(14)25-16(18)17-15(20)12-8-9-13(24-12)19(21)22/h5-9H,3-4H2,1-2H3. The van der Waals surface area contributed by atoms with E-state index in [4.69, 9.17) is 4.74 Å². The van der Waals surface area contributed by atoms with E-state index in [-0.39, 0.29) is 9.88 Å². The number of thiophene rings is 1. The fraction of sp³-hybridized carbons (Fsp3) is 0.250. The maximum absolute atomic E-state index is 12.4. The summed E-state index contributed by atoms with van der Waals surface area (Å²) in [6.45, 7) is 5.05. The number of ether oxygens (including phenoxy) is 1. The predicted octanol–water partition coefficient (Wildman–Crippen LogP) is 3.83. The van der Waals surface area contributed by atoms with E-state index in [9.17, 15) is 14.9 Å². The Morgan fingerprint density at radius 2 is 2.08 bits per heavy atom. The number of amides is 1. The highest BCUT2D eigenvalue weighted by atomic mass is 32.1. The topological polar surface area (TPSA) is 86.7 Å². The van der Waals surface area contributed by atoms with Crippen molar-refractivity contribution in [3.63, 3.8) is 0 Å². The van der Waals surface area contributed by atoms with Crippen LogP contribution in [0.3, 0.4) is 0 Å². The molecule has 9 heteroatoms. The molecule has 0 aliphatic heterocycles. The molecular formula is C16H15N3O4S2. The summed E-state index contributed by atoms with van der Waals surface area (Å²) in [5.41, 5.74) is 0.903.